The molecule has 0 radical (unpaired) electrons. The van der Waals surface area contributed by atoms with E-state index in [0.29, 0.717) is 44.8 Å². The number of aliphatic hydroxyl groups excluding tert-OH is 1. The Bertz CT molecular complexity index is 1360. The van der Waals surface area contributed by atoms with Crippen LogP contribution in [-0.4, -0.2) is 140 Å². The summed E-state index contributed by atoms with van der Waals surface area (Å²) in [6.07, 6.45) is 0.121. The molecule has 2 aliphatic heterocycles. The van der Waals surface area contributed by atoms with Crippen molar-refractivity contribution in [2.45, 2.75) is 130 Å². The lowest BCUT2D eigenvalue weighted by Gasteiger charge is -2.41. The van der Waals surface area contributed by atoms with Crippen LogP contribution in [-0.2, 0) is 33.4 Å². The second kappa shape index (κ2) is 22.0. The molecule has 3 N–H and O–H groups in total. The SMILES string of the molecule is CC[C@H](C)[C@@H]([C@@H](CC(=O)N1CCC[C@H]1[C@H](OC)[C@@H](C)C(=O)N[C@H](C)[C@@H](O)c1ccccc1)OC)N(C)C(=O)[C@@H](NC(=O)[C@H](C(C)C)N1CCOCC1)C(C)C. The van der Waals surface area contributed by atoms with Crippen molar-refractivity contribution < 1.29 is 38.5 Å². The van der Waals surface area contributed by atoms with Crippen LogP contribution in [0.4, 0.5) is 0 Å². The molecule has 2 saturated heterocycles. The second-order valence-electron chi connectivity index (χ2n) is 16.3. The summed E-state index contributed by atoms with van der Waals surface area (Å²) < 4.78 is 17.5. The van der Waals surface area contributed by atoms with Gasteiger partial charge in [0.05, 0.1) is 68.0 Å². The summed E-state index contributed by atoms with van der Waals surface area (Å²) in [7, 11) is 4.87. The maximum absolute atomic E-state index is 14.4. The zero-order valence-electron chi connectivity index (χ0n) is 35.3. The number of ether oxygens (including phenoxy) is 3. The zero-order chi connectivity index (χ0) is 41.0. The molecule has 4 amide bonds. The number of amides is 4. The molecule has 1 aromatic carbocycles. The van der Waals surface area contributed by atoms with Crippen LogP contribution in [0.3, 0.4) is 0 Å². The average Bonchev–Trinajstić information content (AvgIpc) is 3.66. The van der Waals surface area contributed by atoms with Crippen LogP contribution >= 0.6 is 0 Å². The van der Waals surface area contributed by atoms with Crippen molar-refractivity contribution in [1.82, 2.24) is 25.3 Å². The van der Waals surface area contributed by atoms with Gasteiger partial charge in [-0.15, -0.1) is 0 Å². The number of likely N-dealkylation sites (N-methyl/N-ethyl adjacent to an activating group) is 1. The van der Waals surface area contributed by atoms with Crippen molar-refractivity contribution in [3.05, 3.63) is 35.9 Å². The first-order chi connectivity index (χ1) is 26.1. The monoisotopic (exact) mass is 774 g/mol. The minimum atomic E-state index is -0.878. The Morgan fingerprint density at radius 3 is 2.09 bits per heavy atom. The van der Waals surface area contributed by atoms with E-state index in [2.05, 4.69) is 22.5 Å². The van der Waals surface area contributed by atoms with Gasteiger partial charge in [-0.3, -0.25) is 24.1 Å². The number of benzene rings is 1. The number of aliphatic hydroxyl groups is 1. The Labute approximate surface area is 330 Å². The molecule has 10 atom stereocenters. The number of hydrogen-bond acceptors (Lipinski definition) is 9. The van der Waals surface area contributed by atoms with Crippen molar-refractivity contribution in [2.75, 3.05) is 54.1 Å². The average molecular weight is 774 g/mol. The minimum Gasteiger partial charge on any atom is -0.386 e. The topological polar surface area (TPSA) is 150 Å². The number of methoxy groups -OCH3 is 2. The number of rotatable bonds is 20. The summed E-state index contributed by atoms with van der Waals surface area (Å²) in [5.41, 5.74) is 0.711. The first kappa shape index (κ1) is 46.3. The summed E-state index contributed by atoms with van der Waals surface area (Å²) >= 11 is 0. The van der Waals surface area contributed by atoms with Crippen LogP contribution in [0.1, 0.15) is 92.7 Å². The maximum Gasteiger partial charge on any atom is 0.245 e. The summed E-state index contributed by atoms with van der Waals surface area (Å²) in [5, 5.41) is 16.9. The molecule has 2 fully saturated rings. The van der Waals surface area contributed by atoms with Crippen LogP contribution < -0.4 is 10.6 Å². The molecule has 2 heterocycles. The molecule has 0 aliphatic carbocycles. The third-order valence-electron chi connectivity index (χ3n) is 11.8. The number of nitrogens with one attached hydrogen (secondary N) is 2. The standard InChI is InChI=1S/C42H71N5O8/c1-12-28(6)37(45(9)42(52)35(26(2)3)44-41(51)36(27(4)5)46-21-23-55-24-22-46)33(53-10)25-34(48)47-20-16-19-32(47)39(54-11)29(7)40(50)43-30(8)38(49)31-17-14-13-15-18-31/h13-15,17-18,26-30,32-33,35-39,49H,12,16,19-25H2,1-11H3,(H,43,50)(H,44,51)/t28-,29+,30+,32-,33+,35-,36-,37-,38+,39+/m0/s1. The Balaban J connectivity index is 1.76. The summed E-state index contributed by atoms with van der Waals surface area (Å²) in [4.78, 5) is 61.6. The molecular formula is C42H71N5O8. The molecule has 0 unspecified atom stereocenters. The molecule has 13 nitrogen and oxygen atoms in total. The number of likely N-dealkylation sites (tertiary alicyclic amines) is 1. The quantitative estimate of drug-likeness (QED) is 0.181. The van der Waals surface area contributed by atoms with E-state index in [1.165, 1.54) is 0 Å². The highest BCUT2D eigenvalue weighted by atomic mass is 16.5. The largest absolute Gasteiger partial charge is 0.386 e. The first-order valence-electron chi connectivity index (χ1n) is 20.4. The normalized spacial score (nSPS) is 21.6. The molecule has 2 aliphatic rings. The fraction of sp³-hybridized carbons (Fsp3) is 0.762. The van der Waals surface area contributed by atoms with Gasteiger partial charge in [-0.2, -0.15) is 0 Å². The number of nitrogens with zero attached hydrogens (tertiary/aromatic N) is 3. The van der Waals surface area contributed by atoms with E-state index < -0.39 is 42.4 Å². The third kappa shape index (κ3) is 12.0. The van der Waals surface area contributed by atoms with Crippen molar-refractivity contribution in [2.24, 2.45) is 23.7 Å². The Morgan fingerprint density at radius 2 is 1.55 bits per heavy atom. The van der Waals surface area contributed by atoms with Gasteiger partial charge in [0.15, 0.2) is 0 Å². The summed E-state index contributed by atoms with van der Waals surface area (Å²) in [6.45, 7) is 18.5. The Morgan fingerprint density at radius 1 is 0.909 bits per heavy atom. The van der Waals surface area contributed by atoms with Gasteiger partial charge < -0.3 is 39.8 Å². The van der Waals surface area contributed by atoms with Gasteiger partial charge in [0.1, 0.15) is 6.04 Å². The third-order valence-corrected chi connectivity index (χ3v) is 11.8. The molecule has 312 valence electrons. The van der Waals surface area contributed by atoms with Crippen LogP contribution in [0.2, 0.25) is 0 Å². The molecule has 0 aromatic heterocycles. The first-order valence-corrected chi connectivity index (χ1v) is 20.4. The van der Waals surface area contributed by atoms with Crippen molar-refractivity contribution in [3.8, 4) is 0 Å². The molecular weight excluding hydrogens is 702 g/mol. The molecule has 0 spiro atoms. The summed E-state index contributed by atoms with van der Waals surface area (Å²) in [5.74, 6) is -1.57. The fourth-order valence-corrected chi connectivity index (χ4v) is 8.40. The van der Waals surface area contributed by atoms with Gasteiger partial charge in [0, 0.05) is 40.9 Å². The number of morpholine rings is 1. The highest BCUT2D eigenvalue weighted by Gasteiger charge is 2.43. The van der Waals surface area contributed by atoms with Gasteiger partial charge in [0.2, 0.25) is 23.6 Å². The van der Waals surface area contributed by atoms with Crippen molar-refractivity contribution in [3.63, 3.8) is 0 Å². The van der Waals surface area contributed by atoms with Crippen molar-refractivity contribution in [1.29, 1.82) is 0 Å². The van der Waals surface area contributed by atoms with E-state index in [9.17, 15) is 24.3 Å². The molecule has 55 heavy (non-hydrogen) atoms. The molecule has 3 rings (SSSR count). The smallest absolute Gasteiger partial charge is 0.245 e. The Kier molecular flexibility index (Phi) is 18.5. The minimum absolute atomic E-state index is 0.0231. The zero-order valence-corrected chi connectivity index (χ0v) is 35.3. The second-order valence-corrected chi connectivity index (χ2v) is 16.3. The molecule has 0 bridgehead atoms. The predicted octanol–water partition coefficient (Wildman–Crippen LogP) is 3.64. The predicted molar refractivity (Wildman–Crippen MR) is 213 cm³/mol. The van der Waals surface area contributed by atoms with Gasteiger partial charge in [-0.05, 0) is 43.1 Å². The van der Waals surface area contributed by atoms with E-state index in [-0.39, 0.29) is 59.9 Å². The number of carbonyl (C=O) groups is 4. The van der Waals surface area contributed by atoms with Gasteiger partial charge >= 0.3 is 0 Å². The Hall–Kier alpha value is -3.10. The van der Waals surface area contributed by atoms with Crippen LogP contribution in [0.15, 0.2) is 30.3 Å². The number of hydrogen-bond donors (Lipinski definition) is 3. The van der Waals surface area contributed by atoms with Gasteiger partial charge in [-0.1, -0.05) is 85.2 Å². The van der Waals surface area contributed by atoms with E-state index in [4.69, 9.17) is 14.2 Å². The lowest BCUT2D eigenvalue weighted by atomic mass is 9.89. The molecule has 0 saturated carbocycles. The van der Waals surface area contributed by atoms with Crippen LogP contribution in [0.5, 0.6) is 0 Å². The van der Waals surface area contributed by atoms with Gasteiger partial charge in [0.25, 0.3) is 0 Å². The summed E-state index contributed by atoms with van der Waals surface area (Å²) in [6, 6.07) is 6.70. The van der Waals surface area contributed by atoms with Gasteiger partial charge in [-0.25, -0.2) is 0 Å². The van der Waals surface area contributed by atoms with E-state index in [0.717, 1.165) is 12.8 Å². The highest BCUT2D eigenvalue weighted by Crippen LogP contribution is 2.30. The van der Waals surface area contributed by atoms with E-state index in [1.807, 2.05) is 65.0 Å². The maximum atomic E-state index is 14.4. The molecule has 13 heteroatoms. The van der Waals surface area contributed by atoms with Crippen LogP contribution in [0, 0.1) is 23.7 Å². The molecule has 1 aromatic rings. The van der Waals surface area contributed by atoms with E-state index in [1.54, 1.807) is 44.9 Å². The highest BCUT2D eigenvalue weighted by molar-refractivity contribution is 5.90. The lowest BCUT2D eigenvalue weighted by molar-refractivity contribution is -0.148. The fourth-order valence-electron chi connectivity index (χ4n) is 8.40. The van der Waals surface area contributed by atoms with Crippen LogP contribution in [0.25, 0.3) is 0 Å². The van der Waals surface area contributed by atoms with E-state index >= 15 is 0 Å². The number of carbonyl (C=O) groups excluding carboxylic acids is 4. The lowest BCUT2D eigenvalue weighted by Crippen LogP contribution is -2.61. The van der Waals surface area contributed by atoms with Crippen molar-refractivity contribution >= 4 is 23.6 Å².